The lowest BCUT2D eigenvalue weighted by Gasteiger charge is -2.15. The molecule has 3 rings (SSSR count). The molecule has 134 valence electrons. The van der Waals surface area contributed by atoms with Gasteiger partial charge in [0.25, 0.3) is 5.91 Å². The zero-order chi connectivity index (χ0) is 18.7. The molecule has 3 N–H and O–H groups in total. The number of benzene rings is 2. The molecule has 1 unspecified atom stereocenters. The summed E-state index contributed by atoms with van der Waals surface area (Å²) in [6.45, 7) is 1.76. The van der Waals surface area contributed by atoms with E-state index in [0.29, 0.717) is 5.56 Å². The standard InChI is InChI=1S/C19H19FN4O2/c1-12(13-7-9-14(20)10-8-13)21-19(26)23-22-18(25)16-11-24(2)17-6-4-3-5-15(16)17/h3-12H,1-2H3,(H,22,25)(H2,21,23,26). The molecule has 0 saturated carbocycles. The molecule has 3 aromatic rings. The molecule has 1 heterocycles. The van der Waals surface area contributed by atoms with Crippen LogP contribution >= 0.6 is 0 Å². The second-order valence-electron chi connectivity index (χ2n) is 6.00. The highest BCUT2D eigenvalue weighted by atomic mass is 19.1. The Labute approximate surface area is 150 Å². The first-order valence-electron chi connectivity index (χ1n) is 8.12. The fourth-order valence-electron chi connectivity index (χ4n) is 2.77. The summed E-state index contributed by atoms with van der Waals surface area (Å²) in [5.41, 5.74) is 6.87. The summed E-state index contributed by atoms with van der Waals surface area (Å²) < 4.78 is 14.8. The van der Waals surface area contributed by atoms with E-state index in [1.54, 1.807) is 25.3 Å². The van der Waals surface area contributed by atoms with E-state index in [-0.39, 0.29) is 11.9 Å². The SMILES string of the molecule is CC(NC(=O)NNC(=O)c1cn(C)c2ccccc12)c1ccc(F)cc1. The zero-order valence-electron chi connectivity index (χ0n) is 14.4. The van der Waals surface area contributed by atoms with Gasteiger partial charge in [0.1, 0.15) is 5.82 Å². The average molecular weight is 354 g/mol. The molecule has 0 radical (unpaired) electrons. The number of nitrogens with zero attached hydrogens (tertiary/aromatic N) is 1. The van der Waals surface area contributed by atoms with Gasteiger partial charge in [-0.1, -0.05) is 30.3 Å². The second kappa shape index (κ2) is 7.26. The minimum atomic E-state index is -0.560. The lowest BCUT2D eigenvalue weighted by Crippen LogP contribution is -2.47. The van der Waals surface area contributed by atoms with Gasteiger partial charge in [-0.2, -0.15) is 0 Å². The van der Waals surface area contributed by atoms with Crippen LogP contribution in [0.4, 0.5) is 9.18 Å². The number of hydrazine groups is 1. The molecule has 0 aliphatic heterocycles. The highest BCUT2D eigenvalue weighted by molar-refractivity contribution is 6.07. The van der Waals surface area contributed by atoms with Gasteiger partial charge in [-0.15, -0.1) is 0 Å². The Bertz CT molecular complexity index is 950. The third kappa shape index (κ3) is 3.66. The molecule has 6 nitrogen and oxygen atoms in total. The van der Waals surface area contributed by atoms with Crippen molar-refractivity contribution < 1.29 is 14.0 Å². The largest absolute Gasteiger partial charge is 0.350 e. The molecule has 1 aromatic heterocycles. The van der Waals surface area contributed by atoms with Gasteiger partial charge in [-0.25, -0.2) is 14.6 Å². The van der Waals surface area contributed by atoms with Crippen molar-refractivity contribution in [1.29, 1.82) is 0 Å². The van der Waals surface area contributed by atoms with Crippen LogP contribution in [0.15, 0.2) is 54.7 Å². The van der Waals surface area contributed by atoms with Crippen molar-refractivity contribution in [3.8, 4) is 0 Å². The number of amides is 3. The summed E-state index contributed by atoms with van der Waals surface area (Å²) in [4.78, 5) is 24.3. The Morgan fingerprint density at radius 3 is 2.46 bits per heavy atom. The van der Waals surface area contributed by atoms with Gasteiger partial charge in [0.2, 0.25) is 0 Å². The molecule has 1 atom stereocenters. The Morgan fingerprint density at radius 1 is 1.04 bits per heavy atom. The third-order valence-electron chi connectivity index (χ3n) is 4.15. The van der Waals surface area contributed by atoms with Crippen molar-refractivity contribution in [2.75, 3.05) is 0 Å². The third-order valence-corrected chi connectivity index (χ3v) is 4.15. The van der Waals surface area contributed by atoms with Gasteiger partial charge < -0.3 is 9.88 Å². The van der Waals surface area contributed by atoms with E-state index < -0.39 is 11.9 Å². The first-order chi connectivity index (χ1) is 12.5. The quantitative estimate of drug-likeness (QED) is 0.633. The van der Waals surface area contributed by atoms with Crippen LogP contribution in [0.3, 0.4) is 0 Å². The van der Waals surface area contributed by atoms with E-state index in [2.05, 4.69) is 16.2 Å². The van der Waals surface area contributed by atoms with Crippen molar-refractivity contribution >= 4 is 22.8 Å². The number of hydrogen-bond donors (Lipinski definition) is 3. The van der Waals surface area contributed by atoms with E-state index in [9.17, 15) is 14.0 Å². The predicted octanol–water partition coefficient (Wildman–Crippen LogP) is 3.02. The van der Waals surface area contributed by atoms with Gasteiger partial charge >= 0.3 is 6.03 Å². The number of carbonyl (C=O) groups is 2. The summed E-state index contributed by atoms with van der Waals surface area (Å²) in [6, 6.07) is 12.4. The molecule has 0 aliphatic rings. The van der Waals surface area contributed by atoms with E-state index in [4.69, 9.17) is 0 Å². The molecule has 0 fully saturated rings. The van der Waals surface area contributed by atoms with Crippen molar-refractivity contribution in [2.24, 2.45) is 7.05 Å². The maximum absolute atomic E-state index is 12.9. The number of carbonyl (C=O) groups excluding carboxylic acids is 2. The van der Waals surface area contributed by atoms with Crippen molar-refractivity contribution in [3.63, 3.8) is 0 Å². The van der Waals surface area contributed by atoms with Crippen LogP contribution in [-0.2, 0) is 7.05 Å². The van der Waals surface area contributed by atoms with Crippen molar-refractivity contribution in [3.05, 3.63) is 71.7 Å². The van der Waals surface area contributed by atoms with E-state index in [1.807, 2.05) is 35.9 Å². The molecule has 0 aliphatic carbocycles. The topological polar surface area (TPSA) is 75.2 Å². The Morgan fingerprint density at radius 2 is 1.73 bits per heavy atom. The Kier molecular flexibility index (Phi) is 4.88. The van der Waals surface area contributed by atoms with Crippen molar-refractivity contribution in [1.82, 2.24) is 20.7 Å². The van der Waals surface area contributed by atoms with Gasteiger partial charge in [0, 0.05) is 24.1 Å². The predicted molar refractivity (Wildman–Crippen MR) is 96.9 cm³/mol. The van der Waals surface area contributed by atoms with Gasteiger partial charge in [0.15, 0.2) is 0 Å². The van der Waals surface area contributed by atoms with Crippen LogP contribution in [0.25, 0.3) is 10.9 Å². The molecule has 7 heteroatoms. The van der Waals surface area contributed by atoms with Crippen LogP contribution < -0.4 is 16.2 Å². The number of fused-ring (bicyclic) bond motifs is 1. The lowest BCUT2D eigenvalue weighted by atomic mass is 10.1. The van der Waals surface area contributed by atoms with E-state index in [1.165, 1.54) is 12.1 Å². The highest BCUT2D eigenvalue weighted by Crippen LogP contribution is 2.19. The number of halogens is 1. The Balaban J connectivity index is 1.60. The summed E-state index contributed by atoms with van der Waals surface area (Å²) in [5, 5.41) is 3.47. The first kappa shape index (κ1) is 17.5. The molecule has 0 spiro atoms. The number of aryl methyl sites for hydroxylation is 1. The number of rotatable bonds is 3. The molecular weight excluding hydrogens is 335 g/mol. The highest BCUT2D eigenvalue weighted by Gasteiger charge is 2.15. The van der Waals surface area contributed by atoms with Crippen LogP contribution in [0.2, 0.25) is 0 Å². The molecule has 0 saturated heterocycles. The summed E-state index contributed by atoms with van der Waals surface area (Å²) in [5.74, 6) is -0.751. The van der Waals surface area contributed by atoms with Crippen LogP contribution in [-0.4, -0.2) is 16.5 Å². The first-order valence-corrected chi connectivity index (χ1v) is 8.12. The molecular formula is C19H19FN4O2. The number of urea groups is 1. The molecule has 3 amide bonds. The number of aromatic nitrogens is 1. The van der Waals surface area contributed by atoms with Crippen molar-refractivity contribution in [2.45, 2.75) is 13.0 Å². The van der Waals surface area contributed by atoms with Gasteiger partial charge in [0.05, 0.1) is 11.6 Å². The minimum Gasteiger partial charge on any atom is -0.350 e. The maximum Gasteiger partial charge on any atom is 0.333 e. The average Bonchev–Trinajstić information content (AvgIpc) is 2.97. The fraction of sp³-hybridized carbons (Fsp3) is 0.158. The monoisotopic (exact) mass is 354 g/mol. The minimum absolute atomic E-state index is 0.340. The normalized spacial score (nSPS) is 11.8. The van der Waals surface area contributed by atoms with Crippen LogP contribution in [0, 0.1) is 5.82 Å². The fourth-order valence-corrected chi connectivity index (χ4v) is 2.77. The maximum atomic E-state index is 12.9. The molecule has 0 bridgehead atoms. The summed E-state index contributed by atoms with van der Waals surface area (Å²) >= 11 is 0. The Hall–Kier alpha value is -3.35. The molecule has 26 heavy (non-hydrogen) atoms. The number of hydrogen-bond acceptors (Lipinski definition) is 2. The zero-order valence-corrected chi connectivity index (χ0v) is 14.4. The van der Waals surface area contributed by atoms with Crippen LogP contribution in [0.1, 0.15) is 28.9 Å². The van der Waals surface area contributed by atoms with Gasteiger partial charge in [-0.3, -0.25) is 10.2 Å². The second-order valence-corrected chi connectivity index (χ2v) is 6.00. The lowest BCUT2D eigenvalue weighted by molar-refractivity contribution is 0.0937. The van der Waals surface area contributed by atoms with Crippen LogP contribution in [0.5, 0.6) is 0 Å². The summed E-state index contributed by atoms with van der Waals surface area (Å²) in [7, 11) is 1.85. The smallest absolute Gasteiger partial charge is 0.333 e. The summed E-state index contributed by atoms with van der Waals surface area (Å²) in [6.07, 6.45) is 1.71. The number of para-hydroxylation sites is 1. The van der Waals surface area contributed by atoms with E-state index >= 15 is 0 Å². The van der Waals surface area contributed by atoms with Gasteiger partial charge in [-0.05, 0) is 30.7 Å². The number of nitrogens with one attached hydrogen (secondary N) is 3. The molecule has 2 aromatic carbocycles. The van der Waals surface area contributed by atoms with E-state index in [0.717, 1.165) is 16.5 Å².